The molecule has 2 aromatic heterocycles. The van der Waals surface area contributed by atoms with E-state index in [1.807, 2.05) is 60.7 Å². The number of rotatable bonds is 4. The quantitative estimate of drug-likeness (QED) is 0.449. The molecule has 3 aromatic carbocycles. The number of methoxy groups -OCH3 is 1. The Morgan fingerprint density at radius 2 is 1.39 bits per heavy atom. The molecule has 5 aromatic rings. The summed E-state index contributed by atoms with van der Waals surface area (Å²) in [6.45, 7) is 0. The third-order valence-corrected chi connectivity index (χ3v) is 5.26. The number of aromatic hydroxyl groups is 1. The highest BCUT2D eigenvalue weighted by molar-refractivity contribution is 5.91. The zero-order chi connectivity index (χ0) is 21.4. The van der Waals surface area contributed by atoms with Gasteiger partial charge in [0, 0.05) is 5.56 Å². The van der Waals surface area contributed by atoms with E-state index in [0.717, 1.165) is 16.7 Å². The molecule has 0 aliphatic heterocycles. The van der Waals surface area contributed by atoms with E-state index < -0.39 is 5.56 Å². The van der Waals surface area contributed by atoms with Crippen LogP contribution in [-0.4, -0.2) is 26.8 Å². The highest BCUT2D eigenvalue weighted by Gasteiger charge is 2.22. The van der Waals surface area contributed by atoms with E-state index in [2.05, 4.69) is 4.98 Å². The number of hydrogen-bond acceptors (Lipinski definition) is 4. The molecule has 0 bridgehead atoms. The van der Waals surface area contributed by atoms with Gasteiger partial charge in [0.2, 0.25) is 5.88 Å². The maximum atomic E-state index is 13.1. The number of fused-ring (bicyclic) bond motifs is 1. The van der Waals surface area contributed by atoms with Crippen molar-refractivity contribution in [1.29, 1.82) is 0 Å². The maximum absolute atomic E-state index is 13.1. The van der Waals surface area contributed by atoms with Crippen LogP contribution in [0.5, 0.6) is 11.6 Å². The predicted octanol–water partition coefficient (Wildman–Crippen LogP) is 4.74. The minimum absolute atomic E-state index is 0.150. The summed E-state index contributed by atoms with van der Waals surface area (Å²) >= 11 is 0. The number of aromatic nitrogens is 3. The van der Waals surface area contributed by atoms with Gasteiger partial charge in [-0.05, 0) is 23.3 Å². The summed E-state index contributed by atoms with van der Waals surface area (Å²) in [5.41, 5.74) is 3.96. The normalized spacial score (nSPS) is 11.0. The van der Waals surface area contributed by atoms with E-state index in [0.29, 0.717) is 22.7 Å². The Bertz CT molecular complexity index is 1420. The van der Waals surface area contributed by atoms with Crippen molar-refractivity contribution >= 4 is 5.65 Å². The Morgan fingerprint density at radius 3 is 2.00 bits per heavy atom. The zero-order valence-corrected chi connectivity index (χ0v) is 16.7. The van der Waals surface area contributed by atoms with Gasteiger partial charge in [-0.25, -0.2) is 0 Å². The fourth-order valence-corrected chi connectivity index (χ4v) is 3.76. The molecule has 6 nitrogen and oxygen atoms in total. The van der Waals surface area contributed by atoms with E-state index >= 15 is 0 Å². The first-order valence-electron chi connectivity index (χ1n) is 9.80. The molecular weight excluding hydrogens is 390 g/mol. The molecule has 31 heavy (non-hydrogen) atoms. The number of nitrogens with zero attached hydrogens (tertiary/aromatic N) is 2. The lowest BCUT2D eigenvalue weighted by Gasteiger charge is -2.07. The number of ether oxygens (including phenoxy) is 1. The number of benzene rings is 3. The molecule has 2 N–H and O–H groups in total. The molecule has 0 spiro atoms. The van der Waals surface area contributed by atoms with Gasteiger partial charge in [0.15, 0.2) is 0 Å². The third kappa shape index (κ3) is 3.14. The molecule has 5 rings (SSSR count). The Balaban J connectivity index is 1.82. The number of hydrogen-bond donors (Lipinski definition) is 2. The Morgan fingerprint density at radius 1 is 0.806 bits per heavy atom. The molecule has 0 fully saturated rings. The summed E-state index contributed by atoms with van der Waals surface area (Å²) in [5.74, 6) is 0.445. The van der Waals surface area contributed by atoms with E-state index in [1.165, 1.54) is 4.52 Å². The van der Waals surface area contributed by atoms with Crippen molar-refractivity contribution in [3.63, 3.8) is 0 Å². The van der Waals surface area contributed by atoms with E-state index in [4.69, 9.17) is 9.84 Å². The molecule has 0 radical (unpaired) electrons. The molecule has 0 amide bonds. The van der Waals surface area contributed by atoms with Crippen molar-refractivity contribution < 1.29 is 9.84 Å². The van der Waals surface area contributed by atoms with Gasteiger partial charge < -0.3 is 14.8 Å². The van der Waals surface area contributed by atoms with Gasteiger partial charge in [0.1, 0.15) is 22.7 Å². The molecule has 0 saturated heterocycles. The van der Waals surface area contributed by atoms with Gasteiger partial charge in [-0.3, -0.25) is 4.79 Å². The van der Waals surface area contributed by atoms with Crippen molar-refractivity contribution in [2.45, 2.75) is 0 Å². The predicted molar refractivity (Wildman–Crippen MR) is 120 cm³/mol. The minimum Gasteiger partial charge on any atom is -0.497 e. The monoisotopic (exact) mass is 409 g/mol. The van der Waals surface area contributed by atoms with E-state index in [1.54, 1.807) is 31.4 Å². The molecule has 6 heteroatoms. The standard InChI is InChI=1S/C25H19N3O3/c1-31-19-14-12-17(13-15-19)21-24(29)26-23-20(16-8-4-2-5-9-16)22(27-28(23)25(21)30)18-10-6-3-7-11-18/h2-15,30H,1H3,(H,26,29). The SMILES string of the molecule is COc1ccc(-c2c(O)n3nc(-c4ccccc4)c(-c4ccccc4)c3[nH]c2=O)cc1. The lowest BCUT2D eigenvalue weighted by molar-refractivity contribution is 0.415. The van der Waals surface area contributed by atoms with Crippen molar-refractivity contribution in [2.75, 3.05) is 7.11 Å². The summed E-state index contributed by atoms with van der Waals surface area (Å²) in [5, 5.41) is 15.8. The summed E-state index contributed by atoms with van der Waals surface area (Å²) < 4.78 is 6.58. The molecular formula is C25H19N3O3. The summed E-state index contributed by atoms with van der Waals surface area (Å²) in [4.78, 5) is 16.0. The second-order valence-corrected chi connectivity index (χ2v) is 7.10. The molecule has 0 saturated carbocycles. The number of aromatic amines is 1. The van der Waals surface area contributed by atoms with Gasteiger partial charge >= 0.3 is 0 Å². The first-order valence-corrected chi connectivity index (χ1v) is 9.80. The van der Waals surface area contributed by atoms with Crippen molar-refractivity contribution in [3.05, 3.63) is 95.3 Å². The van der Waals surface area contributed by atoms with Crippen LogP contribution in [0.15, 0.2) is 89.7 Å². The molecule has 152 valence electrons. The van der Waals surface area contributed by atoms with Crippen LogP contribution >= 0.6 is 0 Å². The Hall–Kier alpha value is -4.32. The topological polar surface area (TPSA) is 79.6 Å². The third-order valence-electron chi connectivity index (χ3n) is 5.26. The first-order chi connectivity index (χ1) is 15.2. The minimum atomic E-state index is -0.396. The molecule has 0 aliphatic carbocycles. The van der Waals surface area contributed by atoms with E-state index in [-0.39, 0.29) is 11.4 Å². The van der Waals surface area contributed by atoms with E-state index in [9.17, 15) is 9.90 Å². The fraction of sp³-hybridized carbons (Fsp3) is 0.0400. The van der Waals surface area contributed by atoms with Crippen molar-refractivity contribution in [2.24, 2.45) is 0 Å². The van der Waals surface area contributed by atoms with Gasteiger partial charge in [0.25, 0.3) is 5.56 Å². The molecule has 0 atom stereocenters. The van der Waals surface area contributed by atoms with Crippen molar-refractivity contribution in [1.82, 2.24) is 14.6 Å². The largest absolute Gasteiger partial charge is 0.497 e. The first kappa shape index (κ1) is 18.7. The van der Waals surface area contributed by atoms with Crippen LogP contribution in [0.3, 0.4) is 0 Å². The van der Waals surface area contributed by atoms with Crippen LogP contribution in [0.2, 0.25) is 0 Å². The summed E-state index contributed by atoms with van der Waals surface area (Å²) in [7, 11) is 1.57. The average molecular weight is 409 g/mol. The number of nitrogens with one attached hydrogen (secondary N) is 1. The molecule has 0 unspecified atom stereocenters. The van der Waals surface area contributed by atoms with Crippen LogP contribution in [0.25, 0.3) is 39.2 Å². The van der Waals surface area contributed by atoms with Gasteiger partial charge in [-0.1, -0.05) is 72.8 Å². The summed E-state index contributed by atoms with van der Waals surface area (Å²) in [6, 6.07) is 26.3. The van der Waals surface area contributed by atoms with Crippen LogP contribution in [0.1, 0.15) is 0 Å². The highest BCUT2D eigenvalue weighted by Crippen LogP contribution is 2.37. The molecule has 2 heterocycles. The lowest BCUT2D eigenvalue weighted by Crippen LogP contribution is -2.12. The maximum Gasteiger partial charge on any atom is 0.262 e. The van der Waals surface area contributed by atoms with Gasteiger partial charge in [-0.2, -0.15) is 9.61 Å². The smallest absolute Gasteiger partial charge is 0.262 e. The second-order valence-electron chi connectivity index (χ2n) is 7.10. The average Bonchev–Trinajstić information content (AvgIpc) is 3.20. The number of H-pyrrole nitrogens is 1. The Kier molecular flexibility index (Phi) is 4.52. The van der Waals surface area contributed by atoms with Crippen LogP contribution in [0.4, 0.5) is 0 Å². The summed E-state index contributed by atoms with van der Waals surface area (Å²) in [6.07, 6.45) is 0. The van der Waals surface area contributed by atoms with Crippen LogP contribution < -0.4 is 10.3 Å². The second kappa shape index (κ2) is 7.50. The fourth-order valence-electron chi connectivity index (χ4n) is 3.76. The lowest BCUT2D eigenvalue weighted by atomic mass is 10.0. The van der Waals surface area contributed by atoms with Crippen molar-refractivity contribution in [3.8, 4) is 45.1 Å². The van der Waals surface area contributed by atoms with Gasteiger partial charge in [-0.15, -0.1) is 0 Å². The highest BCUT2D eigenvalue weighted by atomic mass is 16.5. The van der Waals surface area contributed by atoms with Crippen LogP contribution in [0, 0.1) is 0 Å². The van der Waals surface area contributed by atoms with Gasteiger partial charge in [0.05, 0.1) is 12.7 Å². The Labute approximate surface area is 178 Å². The zero-order valence-electron chi connectivity index (χ0n) is 16.7. The molecule has 0 aliphatic rings. The van der Waals surface area contributed by atoms with Crippen LogP contribution in [-0.2, 0) is 0 Å².